The lowest BCUT2D eigenvalue weighted by Crippen LogP contribution is -2.36. The van der Waals surface area contributed by atoms with Crippen molar-refractivity contribution in [3.63, 3.8) is 0 Å². The maximum Gasteiger partial charge on any atom is 0.238 e. The van der Waals surface area contributed by atoms with Crippen LogP contribution >= 0.6 is 0 Å². The number of nitrogens with one attached hydrogen (secondary N) is 2. The molecule has 0 bridgehead atoms. The Morgan fingerprint density at radius 3 is 2.75 bits per heavy atom. The third-order valence-electron chi connectivity index (χ3n) is 4.83. The molecule has 4 rings (SSSR count). The standard InChI is InChI=1S/C21H24N6O/c1-13-5-6-14(2)16(9-13)10-19-24-20(26-25-19)17-7-8-18(21(23-17)28-4)27-11-15(3)22-12-27/h5-9,11-12,19,25H,10H2,1-4H3,(H,24,26). The van der Waals surface area contributed by atoms with Crippen LogP contribution in [0, 0.1) is 20.8 Å². The van der Waals surface area contributed by atoms with Gasteiger partial charge in [-0.3, -0.25) is 0 Å². The number of amidine groups is 1. The first-order valence-corrected chi connectivity index (χ1v) is 9.25. The summed E-state index contributed by atoms with van der Waals surface area (Å²) in [5.74, 6) is 1.24. The Morgan fingerprint density at radius 1 is 1.14 bits per heavy atom. The Bertz CT molecular complexity index is 1040. The monoisotopic (exact) mass is 376 g/mol. The van der Waals surface area contributed by atoms with E-state index in [0.717, 1.165) is 23.5 Å². The SMILES string of the molecule is COc1nc(C2=NC(Cc3cc(C)ccc3C)NN2)ccc1-n1cnc(C)c1. The molecule has 0 radical (unpaired) electrons. The molecule has 3 aromatic rings. The maximum atomic E-state index is 5.50. The quantitative estimate of drug-likeness (QED) is 0.716. The van der Waals surface area contributed by atoms with Gasteiger partial charge in [0.1, 0.15) is 17.5 Å². The summed E-state index contributed by atoms with van der Waals surface area (Å²) in [6, 6.07) is 10.4. The van der Waals surface area contributed by atoms with Crippen molar-refractivity contribution >= 4 is 5.84 Å². The molecule has 1 atom stereocenters. The summed E-state index contributed by atoms with van der Waals surface area (Å²) in [5.41, 5.74) is 12.7. The lowest BCUT2D eigenvalue weighted by molar-refractivity contribution is 0.395. The number of rotatable bonds is 5. The van der Waals surface area contributed by atoms with Crippen molar-refractivity contribution in [1.82, 2.24) is 25.4 Å². The van der Waals surface area contributed by atoms with E-state index in [4.69, 9.17) is 9.73 Å². The fourth-order valence-corrected chi connectivity index (χ4v) is 3.29. The molecule has 3 heterocycles. The first-order valence-electron chi connectivity index (χ1n) is 9.25. The van der Waals surface area contributed by atoms with Gasteiger partial charge >= 0.3 is 0 Å². The molecule has 1 unspecified atom stereocenters. The van der Waals surface area contributed by atoms with Crippen LogP contribution in [0.2, 0.25) is 0 Å². The first-order chi connectivity index (χ1) is 13.5. The van der Waals surface area contributed by atoms with E-state index in [9.17, 15) is 0 Å². The van der Waals surface area contributed by atoms with Gasteiger partial charge in [-0.2, -0.15) is 0 Å². The van der Waals surface area contributed by atoms with E-state index in [2.05, 4.69) is 52.9 Å². The molecule has 0 spiro atoms. The second-order valence-corrected chi connectivity index (χ2v) is 7.04. The van der Waals surface area contributed by atoms with Crippen LogP contribution in [0.25, 0.3) is 5.69 Å². The molecule has 0 saturated carbocycles. The fourth-order valence-electron chi connectivity index (χ4n) is 3.29. The van der Waals surface area contributed by atoms with E-state index in [1.165, 1.54) is 16.7 Å². The van der Waals surface area contributed by atoms with Crippen molar-refractivity contribution in [2.24, 2.45) is 4.99 Å². The molecule has 1 aliphatic rings. The molecule has 1 aromatic carbocycles. The zero-order chi connectivity index (χ0) is 19.7. The number of ether oxygens (including phenoxy) is 1. The second-order valence-electron chi connectivity index (χ2n) is 7.04. The fraction of sp³-hybridized carbons (Fsp3) is 0.286. The van der Waals surface area contributed by atoms with Gasteiger partial charge in [-0.25, -0.2) is 20.4 Å². The predicted molar refractivity (Wildman–Crippen MR) is 109 cm³/mol. The maximum absolute atomic E-state index is 5.50. The van der Waals surface area contributed by atoms with E-state index in [0.29, 0.717) is 11.7 Å². The number of aromatic nitrogens is 3. The van der Waals surface area contributed by atoms with Crippen LogP contribution in [0.4, 0.5) is 0 Å². The number of imidazole rings is 1. The molecule has 7 heteroatoms. The number of hydrogen-bond donors (Lipinski definition) is 2. The average Bonchev–Trinajstić information content (AvgIpc) is 3.33. The first kappa shape index (κ1) is 18.2. The van der Waals surface area contributed by atoms with E-state index in [1.807, 2.05) is 29.8 Å². The zero-order valence-corrected chi connectivity index (χ0v) is 16.5. The van der Waals surface area contributed by atoms with Crippen LogP contribution in [-0.4, -0.2) is 33.6 Å². The highest BCUT2D eigenvalue weighted by Crippen LogP contribution is 2.22. The summed E-state index contributed by atoms with van der Waals surface area (Å²) < 4.78 is 7.40. The minimum absolute atomic E-state index is 0.0423. The number of aryl methyl sites for hydroxylation is 3. The van der Waals surface area contributed by atoms with Crippen LogP contribution < -0.4 is 15.6 Å². The topological polar surface area (TPSA) is 76.4 Å². The molecule has 7 nitrogen and oxygen atoms in total. The number of hydrogen-bond acceptors (Lipinski definition) is 6. The van der Waals surface area contributed by atoms with Crippen molar-refractivity contribution in [1.29, 1.82) is 0 Å². The summed E-state index contributed by atoms with van der Waals surface area (Å²) in [6.45, 7) is 6.19. The molecular formula is C21H24N6O. The van der Waals surface area contributed by atoms with Crippen molar-refractivity contribution in [3.8, 4) is 11.6 Å². The van der Waals surface area contributed by atoms with Crippen molar-refractivity contribution in [2.45, 2.75) is 33.4 Å². The lowest BCUT2D eigenvalue weighted by Gasteiger charge is -2.10. The average molecular weight is 376 g/mol. The molecule has 2 N–H and O–H groups in total. The van der Waals surface area contributed by atoms with E-state index in [-0.39, 0.29) is 6.17 Å². The van der Waals surface area contributed by atoms with Gasteiger partial charge in [0.15, 0.2) is 5.84 Å². The van der Waals surface area contributed by atoms with Gasteiger partial charge in [0.25, 0.3) is 0 Å². The third-order valence-corrected chi connectivity index (χ3v) is 4.83. The van der Waals surface area contributed by atoms with E-state index in [1.54, 1.807) is 13.4 Å². The second kappa shape index (κ2) is 7.44. The van der Waals surface area contributed by atoms with Gasteiger partial charge < -0.3 is 14.7 Å². The highest BCUT2D eigenvalue weighted by molar-refractivity contribution is 5.98. The van der Waals surface area contributed by atoms with Crippen LogP contribution in [-0.2, 0) is 6.42 Å². The Kier molecular flexibility index (Phi) is 4.83. The minimum Gasteiger partial charge on any atom is -0.479 e. The molecule has 0 amide bonds. The van der Waals surface area contributed by atoms with Gasteiger partial charge in [0, 0.05) is 12.6 Å². The van der Waals surface area contributed by atoms with Crippen LogP contribution in [0.3, 0.4) is 0 Å². The van der Waals surface area contributed by atoms with Crippen molar-refractivity contribution in [2.75, 3.05) is 7.11 Å². The summed E-state index contributed by atoms with van der Waals surface area (Å²) in [5, 5.41) is 0. The van der Waals surface area contributed by atoms with Crippen LogP contribution in [0.15, 0.2) is 47.8 Å². The summed E-state index contributed by atoms with van der Waals surface area (Å²) in [6.07, 6.45) is 4.46. The Morgan fingerprint density at radius 2 is 2.00 bits per heavy atom. The summed E-state index contributed by atoms with van der Waals surface area (Å²) >= 11 is 0. The molecule has 28 heavy (non-hydrogen) atoms. The molecule has 144 valence electrons. The zero-order valence-electron chi connectivity index (χ0n) is 16.5. The molecule has 2 aromatic heterocycles. The highest BCUT2D eigenvalue weighted by Gasteiger charge is 2.21. The number of methoxy groups -OCH3 is 1. The smallest absolute Gasteiger partial charge is 0.238 e. The van der Waals surface area contributed by atoms with Gasteiger partial charge in [-0.05, 0) is 44.0 Å². The van der Waals surface area contributed by atoms with Gasteiger partial charge in [0.05, 0.1) is 19.1 Å². The van der Waals surface area contributed by atoms with Crippen LogP contribution in [0.5, 0.6) is 5.88 Å². The number of aliphatic imine (C=N–C) groups is 1. The molecule has 0 aliphatic carbocycles. The number of pyridine rings is 1. The number of nitrogens with zero attached hydrogens (tertiary/aromatic N) is 4. The Balaban J connectivity index is 1.57. The van der Waals surface area contributed by atoms with E-state index >= 15 is 0 Å². The molecule has 0 saturated heterocycles. The number of benzene rings is 1. The van der Waals surface area contributed by atoms with Gasteiger partial charge in [-0.15, -0.1) is 0 Å². The molecule has 1 aliphatic heterocycles. The largest absolute Gasteiger partial charge is 0.479 e. The van der Waals surface area contributed by atoms with E-state index < -0.39 is 0 Å². The lowest BCUT2D eigenvalue weighted by atomic mass is 10.0. The predicted octanol–water partition coefficient (Wildman–Crippen LogP) is 2.62. The Labute approximate surface area is 164 Å². The summed E-state index contributed by atoms with van der Waals surface area (Å²) in [7, 11) is 1.62. The number of hydrazine groups is 1. The van der Waals surface area contributed by atoms with Gasteiger partial charge in [-0.1, -0.05) is 23.8 Å². The highest BCUT2D eigenvalue weighted by atomic mass is 16.5. The van der Waals surface area contributed by atoms with Gasteiger partial charge in [0.2, 0.25) is 5.88 Å². The van der Waals surface area contributed by atoms with Crippen molar-refractivity contribution < 1.29 is 4.74 Å². The minimum atomic E-state index is -0.0423. The van der Waals surface area contributed by atoms with Crippen LogP contribution in [0.1, 0.15) is 28.1 Å². The third kappa shape index (κ3) is 3.61. The molecule has 0 fully saturated rings. The molecular weight excluding hydrogens is 352 g/mol. The van der Waals surface area contributed by atoms with Crippen molar-refractivity contribution in [3.05, 3.63) is 70.9 Å². The summed E-state index contributed by atoms with van der Waals surface area (Å²) in [4.78, 5) is 13.7. The normalized spacial score (nSPS) is 16.0. The Hall–Kier alpha value is -3.19.